The minimum atomic E-state index is -0.328. The molecule has 3 nitrogen and oxygen atoms in total. The Bertz CT molecular complexity index is 667. The summed E-state index contributed by atoms with van der Waals surface area (Å²) in [5.74, 6) is -0.407. The first-order chi connectivity index (χ1) is 9.69. The number of rotatable bonds is 4. The van der Waals surface area contributed by atoms with Crippen molar-refractivity contribution in [1.82, 2.24) is 0 Å². The molecule has 0 aliphatic rings. The lowest BCUT2D eigenvalue weighted by molar-refractivity contribution is -0.113. The Labute approximate surface area is 120 Å². The molecule has 0 aromatic heterocycles. The lowest BCUT2D eigenvalue weighted by atomic mass is 10.2. The first-order valence-electron chi connectivity index (χ1n) is 5.86. The molecule has 0 fully saturated rings. The number of halogens is 1. The van der Waals surface area contributed by atoms with E-state index in [1.807, 2.05) is 6.07 Å². The van der Waals surface area contributed by atoms with E-state index in [2.05, 4.69) is 5.32 Å². The van der Waals surface area contributed by atoms with Crippen molar-refractivity contribution in [2.75, 3.05) is 11.1 Å². The molecule has 0 unspecified atom stereocenters. The number of amides is 1. The predicted octanol–water partition coefficient (Wildman–Crippen LogP) is 3.43. The third-order valence-corrected chi connectivity index (χ3v) is 3.48. The molecule has 2 aromatic rings. The number of anilines is 1. The zero-order valence-corrected chi connectivity index (χ0v) is 11.3. The average Bonchev–Trinajstić information content (AvgIpc) is 2.46. The van der Waals surface area contributed by atoms with Gasteiger partial charge in [-0.25, -0.2) is 4.39 Å². The summed E-state index contributed by atoms with van der Waals surface area (Å²) in [5, 5.41) is 11.6. The molecule has 0 heterocycles. The second-order valence-electron chi connectivity index (χ2n) is 3.95. The van der Waals surface area contributed by atoms with Crippen LogP contribution in [0.5, 0.6) is 0 Å². The van der Waals surface area contributed by atoms with Crippen LogP contribution in [0.15, 0.2) is 53.4 Å². The SMILES string of the molecule is N#Cc1ccccc1NC(=O)CSc1cccc(F)c1. The van der Waals surface area contributed by atoms with Crippen molar-refractivity contribution in [3.05, 3.63) is 59.9 Å². The molecular weight excluding hydrogens is 275 g/mol. The van der Waals surface area contributed by atoms with Gasteiger partial charge in [-0.3, -0.25) is 4.79 Å². The molecule has 0 aliphatic carbocycles. The fraction of sp³-hybridized carbons (Fsp3) is 0.0667. The minimum Gasteiger partial charge on any atom is -0.324 e. The number of hydrogen-bond acceptors (Lipinski definition) is 3. The van der Waals surface area contributed by atoms with E-state index in [9.17, 15) is 9.18 Å². The van der Waals surface area contributed by atoms with Gasteiger partial charge < -0.3 is 5.32 Å². The Morgan fingerprint density at radius 3 is 2.80 bits per heavy atom. The monoisotopic (exact) mass is 286 g/mol. The Kier molecular flexibility index (Phi) is 4.75. The van der Waals surface area contributed by atoms with Crippen LogP contribution in [0.25, 0.3) is 0 Å². The smallest absolute Gasteiger partial charge is 0.234 e. The molecule has 0 saturated heterocycles. The summed E-state index contributed by atoms with van der Waals surface area (Å²) >= 11 is 1.24. The van der Waals surface area contributed by atoms with Gasteiger partial charge in [-0.1, -0.05) is 18.2 Å². The van der Waals surface area contributed by atoms with Gasteiger partial charge in [0.2, 0.25) is 5.91 Å². The van der Waals surface area contributed by atoms with Gasteiger partial charge in [0, 0.05) is 4.90 Å². The number of nitrogens with zero attached hydrogens (tertiary/aromatic N) is 1. The fourth-order valence-corrected chi connectivity index (χ4v) is 2.32. The predicted molar refractivity (Wildman–Crippen MR) is 76.9 cm³/mol. The van der Waals surface area contributed by atoms with Crippen LogP contribution in [0.1, 0.15) is 5.56 Å². The van der Waals surface area contributed by atoms with Crippen LogP contribution in [0.2, 0.25) is 0 Å². The number of nitrogens with one attached hydrogen (secondary N) is 1. The molecule has 1 amide bonds. The molecule has 0 radical (unpaired) electrons. The summed E-state index contributed by atoms with van der Waals surface area (Å²) in [7, 11) is 0. The Balaban J connectivity index is 1.95. The van der Waals surface area contributed by atoms with E-state index in [1.165, 1.54) is 23.9 Å². The second kappa shape index (κ2) is 6.73. The number of hydrogen-bond donors (Lipinski definition) is 1. The third-order valence-electron chi connectivity index (χ3n) is 2.49. The molecule has 2 aromatic carbocycles. The second-order valence-corrected chi connectivity index (χ2v) is 5.00. The first-order valence-corrected chi connectivity index (χ1v) is 6.85. The number of carbonyl (C=O) groups is 1. The van der Waals surface area contributed by atoms with Crippen LogP contribution in [0.3, 0.4) is 0 Å². The van der Waals surface area contributed by atoms with Gasteiger partial charge in [0.25, 0.3) is 0 Å². The highest BCUT2D eigenvalue weighted by atomic mass is 32.2. The van der Waals surface area contributed by atoms with E-state index in [1.54, 1.807) is 36.4 Å². The van der Waals surface area contributed by atoms with Gasteiger partial charge >= 0.3 is 0 Å². The number of para-hydroxylation sites is 1. The van der Waals surface area contributed by atoms with Crippen molar-refractivity contribution >= 4 is 23.4 Å². The minimum absolute atomic E-state index is 0.156. The molecule has 0 spiro atoms. The lowest BCUT2D eigenvalue weighted by Gasteiger charge is -2.06. The van der Waals surface area contributed by atoms with E-state index in [0.29, 0.717) is 16.1 Å². The summed E-state index contributed by atoms with van der Waals surface area (Å²) in [6.45, 7) is 0. The standard InChI is InChI=1S/C15H11FN2OS/c16-12-5-3-6-13(8-12)20-10-15(19)18-14-7-2-1-4-11(14)9-17/h1-8H,10H2,(H,18,19). The first kappa shape index (κ1) is 14.1. The average molecular weight is 286 g/mol. The quantitative estimate of drug-likeness (QED) is 0.876. The maximum absolute atomic E-state index is 13.0. The molecular formula is C15H11FN2OS. The lowest BCUT2D eigenvalue weighted by Crippen LogP contribution is -2.14. The molecule has 20 heavy (non-hydrogen) atoms. The van der Waals surface area contributed by atoms with Crippen LogP contribution in [0.4, 0.5) is 10.1 Å². The van der Waals surface area contributed by atoms with E-state index >= 15 is 0 Å². The zero-order valence-electron chi connectivity index (χ0n) is 10.5. The van der Waals surface area contributed by atoms with Crippen LogP contribution < -0.4 is 5.32 Å². The van der Waals surface area contributed by atoms with E-state index in [4.69, 9.17) is 5.26 Å². The van der Waals surface area contributed by atoms with E-state index in [0.717, 1.165) is 0 Å². The number of thioether (sulfide) groups is 1. The van der Waals surface area contributed by atoms with Crippen LogP contribution >= 0.6 is 11.8 Å². The molecule has 100 valence electrons. The van der Waals surface area contributed by atoms with E-state index in [-0.39, 0.29) is 17.5 Å². The summed E-state index contributed by atoms with van der Waals surface area (Å²) in [6, 6.07) is 14.9. The van der Waals surface area contributed by atoms with Gasteiger partial charge in [-0.15, -0.1) is 11.8 Å². The Morgan fingerprint density at radius 2 is 2.05 bits per heavy atom. The highest BCUT2D eigenvalue weighted by Gasteiger charge is 2.07. The van der Waals surface area contributed by atoms with Gasteiger partial charge in [-0.2, -0.15) is 5.26 Å². The highest BCUT2D eigenvalue weighted by Crippen LogP contribution is 2.19. The van der Waals surface area contributed by atoms with Crippen molar-refractivity contribution in [3.8, 4) is 6.07 Å². The normalized spacial score (nSPS) is 9.80. The maximum Gasteiger partial charge on any atom is 0.234 e. The van der Waals surface area contributed by atoms with Crippen LogP contribution in [0, 0.1) is 17.1 Å². The number of nitriles is 1. The molecule has 2 rings (SSSR count). The zero-order chi connectivity index (χ0) is 14.4. The summed E-state index contributed by atoms with van der Waals surface area (Å²) in [4.78, 5) is 12.5. The van der Waals surface area contributed by atoms with Crippen LogP contribution in [-0.2, 0) is 4.79 Å². The summed E-state index contributed by atoms with van der Waals surface area (Å²) in [5.41, 5.74) is 0.899. The van der Waals surface area contributed by atoms with Crippen molar-refractivity contribution in [1.29, 1.82) is 5.26 Å². The Morgan fingerprint density at radius 1 is 1.25 bits per heavy atom. The van der Waals surface area contributed by atoms with Gasteiger partial charge in [0.05, 0.1) is 17.0 Å². The summed E-state index contributed by atoms with van der Waals surface area (Å²) in [6.07, 6.45) is 0. The van der Waals surface area contributed by atoms with Crippen molar-refractivity contribution in [3.63, 3.8) is 0 Å². The topological polar surface area (TPSA) is 52.9 Å². The summed E-state index contributed by atoms with van der Waals surface area (Å²) < 4.78 is 13.0. The third kappa shape index (κ3) is 3.84. The highest BCUT2D eigenvalue weighted by molar-refractivity contribution is 8.00. The number of carbonyl (C=O) groups excluding carboxylic acids is 1. The molecule has 5 heteroatoms. The van der Waals surface area contributed by atoms with E-state index < -0.39 is 0 Å². The molecule has 0 aliphatic heterocycles. The van der Waals surface area contributed by atoms with Crippen molar-refractivity contribution in [2.45, 2.75) is 4.90 Å². The van der Waals surface area contributed by atoms with Gasteiger partial charge in [0.15, 0.2) is 0 Å². The van der Waals surface area contributed by atoms with Crippen molar-refractivity contribution < 1.29 is 9.18 Å². The fourth-order valence-electron chi connectivity index (χ4n) is 1.58. The molecule has 1 N–H and O–H groups in total. The van der Waals surface area contributed by atoms with Gasteiger partial charge in [0.1, 0.15) is 11.9 Å². The number of benzene rings is 2. The van der Waals surface area contributed by atoms with Gasteiger partial charge in [-0.05, 0) is 30.3 Å². The molecule has 0 bridgehead atoms. The maximum atomic E-state index is 13.0. The largest absolute Gasteiger partial charge is 0.324 e. The Hall–Kier alpha value is -2.32. The molecule has 0 atom stereocenters. The van der Waals surface area contributed by atoms with Crippen molar-refractivity contribution in [2.24, 2.45) is 0 Å². The molecule has 0 saturated carbocycles. The van der Waals surface area contributed by atoms with Crippen LogP contribution in [-0.4, -0.2) is 11.7 Å².